The topological polar surface area (TPSA) is 57.9 Å². The van der Waals surface area contributed by atoms with Crippen LogP contribution in [0.2, 0.25) is 0 Å². The number of aldehydes is 1. The Kier molecular flexibility index (Phi) is 3.36. The highest BCUT2D eigenvalue weighted by Crippen LogP contribution is 2.19. The maximum atomic E-state index is 11.2. The summed E-state index contributed by atoms with van der Waals surface area (Å²) in [4.78, 5) is 21.9. The van der Waals surface area contributed by atoms with Crippen molar-refractivity contribution in [2.75, 3.05) is 0 Å². The van der Waals surface area contributed by atoms with Crippen LogP contribution in [0.25, 0.3) is 0 Å². The highest BCUT2D eigenvalue weighted by molar-refractivity contribution is 14.1. The van der Waals surface area contributed by atoms with E-state index < -0.39 is 0 Å². The Morgan fingerprint density at radius 3 is 2.64 bits per heavy atom. The molecule has 3 nitrogen and oxygen atoms in total. The fourth-order valence-corrected chi connectivity index (χ4v) is 1.75. The summed E-state index contributed by atoms with van der Waals surface area (Å²) in [7, 11) is 0. The molecule has 0 atom stereocenters. The number of carbonyl (C=O) groups is 2. The summed E-state index contributed by atoms with van der Waals surface area (Å²) >= 11 is 1.96. The van der Waals surface area contributed by atoms with Crippen molar-refractivity contribution in [2.24, 2.45) is 0 Å². The monoisotopic (exact) mass is 299 g/mol. The molecule has 1 aromatic carbocycles. The van der Waals surface area contributed by atoms with Crippen LogP contribution >= 0.6 is 22.6 Å². The van der Waals surface area contributed by atoms with Gasteiger partial charge in [0.2, 0.25) is 0 Å². The van der Waals surface area contributed by atoms with Crippen LogP contribution in [0.4, 0.5) is 0 Å². The summed E-state index contributed by atoms with van der Waals surface area (Å²) in [6, 6.07) is 5.13. The molecule has 0 unspecified atom stereocenters. The average molecular weight is 299 g/mol. The number of nitrogens with zero attached hydrogens (tertiary/aromatic N) is 1. The summed E-state index contributed by atoms with van der Waals surface area (Å²) in [5.41, 5.74) is 0.770. The second-order valence-corrected chi connectivity index (χ2v) is 3.83. The normalized spacial score (nSPS) is 9.21. The van der Waals surface area contributed by atoms with E-state index >= 15 is 0 Å². The molecule has 0 saturated heterocycles. The van der Waals surface area contributed by atoms with E-state index in [1.807, 2.05) is 28.7 Å². The van der Waals surface area contributed by atoms with Gasteiger partial charge in [0.05, 0.1) is 5.56 Å². The van der Waals surface area contributed by atoms with Crippen molar-refractivity contribution in [1.29, 1.82) is 5.26 Å². The van der Waals surface area contributed by atoms with Crippen molar-refractivity contribution in [3.8, 4) is 6.07 Å². The van der Waals surface area contributed by atoms with Crippen molar-refractivity contribution in [2.45, 2.75) is 6.92 Å². The third-order valence-corrected chi connectivity index (χ3v) is 2.68. The molecule has 0 N–H and O–H groups in total. The van der Waals surface area contributed by atoms with Crippen molar-refractivity contribution in [1.82, 2.24) is 0 Å². The maximum absolute atomic E-state index is 11.2. The number of nitriles is 1. The van der Waals surface area contributed by atoms with E-state index in [-0.39, 0.29) is 22.5 Å². The first-order chi connectivity index (χ1) is 6.61. The first kappa shape index (κ1) is 10.9. The largest absolute Gasteiger partial charge is 0.298 e. The number of carbonyl (C=O) groups excluding carboxylic acids is 2. The Hall–Kier alpha value is -1.22. The van der Waals surface area contributed by atoms with Gasteiger partial charge in [-0.05, 0) is 41.6 Å². The Morgan fingerprint density at radius 2 is 2.21 bits per heavy atom. The zero-order chi connectivity index (χ0) is 10.7. The molecule has 0 fully saturated rings. The van der Waals surface area contributed by atoms with E-state index in [1.165, 1.54) is 6.92 Å². The molecule has 0 aliphatic heterocycles. The maximum Gasteiger partial charge on any atom is 0.161 e. The second-order valence-electron chi connectivity index (χ2n) is 2.67. The lowest BCUT2D eigenvalue weighted by atomic mass is 9.99. The minimum atomic E-state index is -0.262. The van der Waals surface area contributed by atoms with Gasteiger partial charge in [-0.3, -0.25) is 9.59 Å². The molecule has 0 aromatic heterocycles. The zero-order valence-corrected chi connectivity index (χ0v) is 9.53. The first-order valence-electron chi connectivity index (χ1n) is 3.80. The van der Waals surface area contributed by atoms with Crippen molar-refractivity contribution in [3.63, 3.8) is 0 Å². The number of Topliss-reactive ketones (excluding diaryl/α,β-unsaturated/α-hetero) is 1. The summed E-state index contributed by atoms with van der Waals surface area (Å²) in [6.45, 7) is 1.35. The van der Waals surface area contributed by atoms with Crippen molar-refractivity contribution >= 4 is 34.7 Å². The number of rotatable bonds is 2. The molecule has 0 saturated carbocycles. The van der Waals surface area contributed by atoms with Crippen LogP contribution in [0.5, 0.6) is 0 Å². The lowest BCUT2D eigenvalue weighted by molar-refractivity contribution is 0.100. The predicted molar refractivity (Wildman–Crippen MR) is 59.3 cm³/mol. The summed E-state index contributed by atoms with van der Waals surface area (Å²) in [5, 5.41) is 8.85. The van der Waals surface area contributed by atoms with E-state index in [2.05, 4.69) is 0 Å². The molecule has 0 heterocycles. The lowest BCUT2D eigenvalue weighted by Crippen LogP contribution is -2.04. The summed E-state index contributed by atoms with van der Waals surface area (Å²) in [6.07, 6.45) is 0.591. The van der Waals surface area contributed by atoms with Gasteiger partial charge in [0.1, 0.15) is 6.07 Å². The summed E-state index contributed by atoms with van der Waals surface area (Å²) < 4.78 is 0.681. The molecule has 0 bridgehead atoms. The molecule has 0 spiro atoms. The Balaban J connectivity index is 3.62. The van der Waals surface area contributed by atoms with E-state index in [4.69, 9.17) is 5.26 Å². The van der Waals surface area contributed by atoms with Gasteiger partial charge in [0, 0.05) is 14.7 Å². The van der Waals surface area contributed by atoms with Crippen LogP contribution in [0, 0.1) is 14.9 Å². The van der Waals surface area contributed by atoms with Gasteiger partial charge in [0.25, 0.3) is 0 Å². The van der Waals surface area contributed by atoms with E-state index in [9.17, 15) is 9.59 Å². The predicted octanol–water partition coefficient (Wildman–Crippen LogP) is 2.18. The minimum absolute atomic E-state index is 0.217. The van der Waals surface area contributed by atoms with Crippen LogP contribution in [0.1, 0.15) is 33.2 Å². The van der Waals surface area contributed by atoms with Crippen LogP contribution in [-0.4, -0.2) is 12.1 Å². The van der Waals surface area contributed by atoms with Crippen LogP contribution in [0.15, 0.2) is 12.1 Å². The highest BCUT2D eigenvalue weighted by atomic mass is 127. The third kappa shape index (κ3) is 1.82. The fourth-order valence-electron chi connectivity index (χ4n) is 1.18. The SMILES string of the molecule is CC(=O)c1c(C=O)ccc(I)c1C#N. The fraction of sp³-hybridized carbons (Fsp3) is 0.100. The average Bonchev–Trinajstić information content (AvgIpc) is 2.17. The van der Waals surface area contributed by atoms with Crippen molar-refractivity contribution in [3.05, 3.63) is 32.4 Å². The third-order valence-electron chi connectivity index (χ3n) is 1.78. The molecule has 0 radical (unpaired) electrons. The lowest BCUT2D eigenvalue weighted by Gasteiger charge is -2.04. The van der Waals surface area contributed by atoms with Gasteiger partial charge < -0.3 is 0 Å². The highest BCUT2D eigenvalue weighted by Gasteiger charge is 2.14. The van der Waals surface area contributed by atoms with E-state index in [0.717, 1.165) is 0 Å². The van der Waals surface area contributed by atoms with Crippen molar-refractivity contribution < 1.29 is 9.59 Å². The molecule has 0 aliphatic rings. The first-order valence-corrected chi connectivity index (χ1v) is 4.88. The second kappa shape index (κ2) is 4.33. The van der Waals surface area contributed by atoms with Crippen LogP contribution in [0.3, 0.4) is 0 Å². The molecule has 1 aromatic rings. The number of halogens is 1. The quantitative estimate of drug-likeness (QED) is 0.478. The number of benzene rings is 1. The molecule has 14 heavy (non-hydrogen) atoms. The Labute approximate surface area is 94.9 Å². The van der Waals surface area contributed by atoms with E-state index in [0.29, 0.717) is 9.86 Å². The van der Waals surface area contributed by atoms with Gasteiger partial charge in [0.15, 0.2) is 12.1 Å². The van der Waals surface area contributed by atoms with Crippen LogP contribution < -0.4 is 0 Å². The van der Waals surface area contributed by atoms with Gasteiger partial charge >= 0.3 is 0 Å². The number of ketones is 1. The number of hydrogen-bond acceptors (Lipinski definition) is 3. The molecule has 70 valence electrons. The number of hydrogen-bond donors (Lipinski definition) is 0. The standard InChI is InChI=1S/C10H6INO2/c1-6(14)10-7(5-13)2-3-9(11)8(10)4-12/h2-3,5H,1H3. The smallest absolute Gasteiger partial charge is 0.161 e. The van der Waals surface area contributed by atoms with Crippen LogP contribution in [-0.2, 0) is 0 Å². The van der Waals surface area contributed by atoms with Gasteiger partial charge in [-0.15, -0.1) is 0 Å². The Bertz CT molecular complexity index is 446. The molecular formula is C10H6INO2. The van der Waals surface area contributed by atoms with Gasteiger partial charge in [-0.2, -0.15) is 5.26 Å². The zero-order valence-electron chi connectivity index (χ0n) is 7.37. The molecular weight excluding hydrogens is 293 g/mol. The minimum Gasteiger partial charge on any atom is -0.298 e. The molecule has 1 rings (SSSR count). The summed E-state index contributed by atoms with van der Waals surface area (Å²) in [5.74, 6) is -0.262. The van der Waals surface area contributed by atoms with E-state index in [1.54, 1.807) is 12.1 Å². The molecule has 0 aliphatic carbocycles. The molecule has 4 heteroatoms. The Morgan fingerprint density at radius 1 is 1.57 bits per heavy atom. The molecule has 0 amide bonds. The van der Waals surface area contributed by atoms with Gasteiger partial charge in [-0.25, -0.2) is 0 Å². The van der Waals surface area contributed by atoms with Gasteiger partial charge in [-0.1, -0.05) is 0 Å².